The second-order valence-corrected chi connectivity index (χ2v) is 8.80. The molecule has 0 aliphatic carbocycles. The minimum Gasteiger partial charge on any atom is -0.493 e. The zero-order chi connectivity index (χ0) is 24.3. The van der Waals surface area contributed by atoms with Gasteiger partial charge in [0.05, 0.1) is 21.3 Å². The van der Waals surface area contributed by atoms with E-state index in [9.17, 15) is 4.79 Å². The highest BCUT2D eigenvalue weighted by molar-refractivity contribution is 5.96. The van der Waals surface area contributed by atoms with Crippen LogP contribution in [0.5, 0.6) is 17.2 Å². The minimum atomic E-state index is -0.0429. The number of benzene rings is 2. The van der Waals surface area contributed by atoms with Crippen molar-refractivity contribution in [1.29, 1.82) is 0 Å². The van der Waals surface area contributed by atoms with Gasteiger partial charge in [-0.3, -0.25) is 4.79 Å². The molecule has 3 rings (SSSR count). The van der Waals surface area contributed by atoms with E-state index >= 15 is 0 Å². The molecular weight excluding hydrogens is 428 g/mol. The second-order valence-electron chi connectivity index (χ2n) is 8.80. The van der Waals surface area contributed by atoms with Gasteiger partial charge in [-0.25, -0.2) is 0 Å². The van der Waals surface area contributed by atoms with Gasteiger partial charge in [-0.05, 0) is 63.5 Å². The van der Waals surface area contributed by atoms with E-state index in [1.807, 2.05) is 23.1 Å². The van der Waals surface area contributed by atoms with Crippen LogP contribution in [0.2, 0.25) is 0 Å². The van der Waals surface area contributed by atoms with Crippen LogP contribution in [0.25, 0.3) is 6.08 Å². The highest BCUT2D eigenvalue weighted by Gasteiger charge is 2.22. The molecule has 2 aromatic rings. The molecule has 0 radical (unpaired) electrons. The van der Waals surface area contributed by atoms with Crippen LogP contribution in [0.3, 0.4) is 0 Å². The van der Waals surface area contributed by atoms with Gasteiger partial charge in [-0.2, -0.15) is 0 Å². The number of rotatable bonds is 11. The number of carbonyl (C=O) groups excluding carboxylic acids is 1. The Labute approximate surface area is 204 Å². The van der Waals surface area contributed by atoms with Crippen molar-refractivity contribution in [3.05, 3.63) is 59.2 Å². The fraction of sp³-hybridized carbons (Fsp3) is 0.464. The Kier molecular flexibility index (Phi) is 9.83. The van der Waals surface area contributed by atoms with E-state index in [0.29, 0.717) is 35.9 Å². The lowest BCUT2D eigenvalue weighted by molar-refractivity contribution is 0.0760. The van der Waals surface area contributed by atoms with E-state index in [-0.39, 0.29) is 5.91 Å². The molecule has 0 saturated carbocycles. The fourth-order valence-corrected chi connectivity index (χ4v) is 4.49. The molecule has 0 unspecified atom stereocenters. The van der Waals surface area contributed by atoms with E-state index in [4.69, 9.17) is 14.2 Å². The van der Waals surface area contributed by atoms with Gasteiger partial charge < -0.3 is 24.0 Å². The molecule has 6 heteroatoms. The summed E-state index contributed by atoms with van der Waals surface area (Å²) in [4.78, 5) is 18.1. The van der Waals surface area contributed by atoms with E-state index in [1.165, 1.54) is 19.3 Å². The number of hydrogen-bond acceptors (Lipinski definition) is 5. The number of nitrogens with zero attached hydrogens (tertiary/aromatic N) is 2. The molecule has 1 heterocycles. The number of methoxy groups -OCH3 is 3. The van der Waals surface area contributed by atoms with Crippen LogP contribution in [-0.2, 0) is 0 Å². The molecular formula is C28H38N2O4. The highest BCUT2D eigenvalue weighted by Crippen LogP contribution is 2.38. The lowest BCUT2D eigenvalue weighted by atomic mass is 10.1. The maximum absolute atomic E-state index is 13.7. The Morgan fingerprint density at radius 1 is 0.971 bits per heavy atom. The third kappa shape index (κ3) is 7.00. The van der Waals surface area contributed by atoms with Crippen molar-refractivity contribution in [2.24, 2.45) is 0 Å². The zero-order valence-electron chi connectivity index (χ0n) is 21.0. The molecule has 0 spiro atoms. The monoisotopic (exact) mass is 466 g/mol. The summed E-state index contributed by atoms with van der Waals surface area (Å²) in [5.74, 6) is 1.40. The maximum atomic E-state index is 13.7. The topological polar surface area (TPSA) is 51.2 Å². The summed E-state index contributed by atoms with van der Waals surface area (Å²) < 4.78 is 16.4. The van der Waals surface area contributed by atoms with Gasteiger partial charge in [-0.15, -0.1) is 0 Å². The molecule has 6 nitrogen and oxygen atoms in total. The number of amides is 1. The molecule has 1 fully saturated rings. The van der Waals surface area contributed by atoms with Crippen LogP contribution in [0.1, 0.15) is 48.5 Å². The van der Waals surface area contributed by atoms with Crippen molar-refractivity contribution >= 4 is 12.0 Å². The molecule has 1 aliphatic heterocycles. The Balaban J connectivity index is 1.81. The lowest BCUT2D eigenvalue weighted by Crippen LogP contribution is -2.37. The summed E-state index contributed by atoms with van der Waals surface area (Å²) in [6.45, 7) is 6.66. The van der Waals surface area contributed by atoms with E-state index in [1.54, 1.807) is 33.5 Å². The number of hydrogen-bond donors (Lipinski definition) is 0. The number of piperidine rings is 1. The SMILES string of the molecule is COc1cc(C(=O)N(CCCN2CCCCC2)C/C(C)=C/c2ccccc2)cc(OC)c1OC. The van der Waals surface area contributed by atoms with Crippen LogP contribution in [-0.4, -0.2) is 69.8 Å². The average Bonchev–Trinajstić information content (AvgIpc) is 2.87. The minimum absolute atomic E-state index is 0.0429. The quantitative estimate of drug-likeness (QED) is 0.459. The third-order valence-corrected chi connectivity index (χ3v) is 6.20. The predicted molar refractivity (Wildman–Crippen MR) is 137 cm³/mol. The van der Waals surface area contributed by atoms with Crippen molar-refractivity contribution in [1.82, 2.24) is 9.80 Å². The molecule has 34 heavy (non-hydrogen) atoms. The Hall–Kier alpha value is -2.99. The van der Waals surface area contributed by atoms with Crippen molar-refractivity contribution in [2.45, 2.75) is 32.6 Å². The average molecular weight is 467 g/mol. The van der Waals surface area contributed by atoms with Crippen molar-refractivity contribution in [2.75, 3.05) is 54.1 Å². The van der Waals surface area contributed by atoms with Crippen LogP contribution in [0, 0.1) is 0 Å². The summed E-state index contributed by atoms with van der Waals surface area (Å²) >= 11 is 0. The lowest BCUT2D eigenvalue weighted by Gasteiger charge is -2.29. The van der Waals surface area contributed by atoms with Gasteiger partial charge in [0, 0.05) is 18.7 Å². The van der Waals surface area contributed by atoms with Gasteiger partial charge >= 0.3 is 0 Å². The largest absolute Gasteiger partial charge is 0.493 e. The normalized spacial score (nSPS) is 14.5. The molecule has 2 aromatic carbocycles. The summed E-state index contributed by atoms with van der Waals surface area (Å²) in [6, 6.07) is 13.7. The van der Waals surface area contributed by atoms with Crippen LogP contribution < -0.4 is 14.2 Å². The first-order valence-electron chi connectivity index (χ1n) is 12.1. The first-order chi connectivity index (χ1) is 16.5. The Morgan fingerprint density at radius 2 is 1.62 bits per heavy atom. The summed E-state index contributed by atoms with van der Waals surface area (Å²) in [6.07, 6.45) is 6.95. The number of likely N-dealkylation sites (tertiary alicyclic amines) is 1. The van der Waals surface area contributed by atoms with Crippen LogP contribution >= 0.6 is 0 Å². The standard InChI is InChI=1S/C28H38N2O4/c1-22(18-23-12-7-5-8-13-23)21-30(17-11-16-29-14-9-6-10-15-29)28(31)24-19-25(32-2)27(34-4)26(20-24)33-3/h5,7-8,12-13,18-20H,6,9-11,14-17,21H2,1-4H3/b22-18+. The van der Waals surface area contributed by atoms with E-state index < -0.39 is 0 Å². The fourth-order valence-electron chi connectivity index (χ4n) is 4.49. The highest BCUT2D eigenvalue weighted by atomic mass is 16.5. The number of carbonyl (C=O) groups is 1. The van der Waals surface area contributed by atoms with Crippen molar-refractivity contribution in [3.8, 4) is 17.2 Å². The van der Waals surface area contributed by atoms with Crippen molar-refractivity contribution in [3.63, 3.8) is 0 Å². The molecule has 1 aliphatic rings. The van der Waals surface area contributed by atoms with Crippen molar-refractivity contribution < 1.29 is 19.0 Å². The first kappa shape index (κ1) is 25.6. The third-order valence-electron chi connectivity index (χ3n) is 6.20. The molecule has 0 bridgehead atoms. The van der Waals surface area contributed by atoms with Gasteiger partial charge in [0.25, 0.3) is 5.91 Å². The van der Waals surface area contributed by atoms with Crippen LogP contribution in [0.4, 0.5) is 0 Å². The summed E-state index contributed by atoms with van der Waals surface area (Å²) in [5, 5.41) is 0. The molecule has 0 aromatic heterocycles. The smallest absolute Gasteiger partial charge is 0.254 e. The summed E-state index contributed by atoms with van der Waals surface area (Å²) in [7, 11) is 4.69. The second kappa shape index (κ2) is 13.0. The zero-order valence-corrected chi connectivity index (χ0v) is 21.0. The maximum Gasteiger partial charge on any atom is 0.254 e. The van der Waals surface area contributed by atoms with Gasteiger partial charge in [-0.1, -0.05) is 48.4 Å². The van der Waals surface area contributed by atoms with E-state index in [2.05, 4.69) is 30.0 Å². The van der Waals surface area contributed by atoms with Crippen LogP contribution in [0.15, 0.2) is 48.0 Å². The Morgan fingerprint density at radius 3 is 2.21 bits per heavy atom. The van der Waals surface area contributed by atoms with Gasteiger partial charge in [0.2, 0.25) is 5.75 Å². The summed E-state index contributed by atoms with van der Waals surface area (Å²) in [5.41, 5.74) is 2.79. The molecule has 1 amide bonds. The predicted octanol–water partition coefficient (Wildman–Crippen LogP) is 5.13. The van der Waals surface area contributed by atoms with Gasteiger partial charge in [0.15, 0.2) is 11.5 Å². The molecule has 184 valence electrons. The van der Waals surface area contributed by atoms with Gasteiger partial charge in [0.1, 0.15) is 0 Å². The van der Waals surface area contributed by atoms with E-state index in [0.717, 1.165) is 37.2 Å². The molecule has 0 atom stereocenters. The first-order valence-corrected chi connectivity index (χ1v) is 12.1. The molecule has 1 saturated heterocycles. The number of ether oxygens (including phenoxy) is 3. The molecule has 0 N–H and O–H groups in total. The Bertz CT molecular complexity index is 927.